The molecule has 0 bridgehead atoms. The van der Waals surface area contributed by atoms with Gasteiger partial charge in [-0.15, -0.1) is 0 Å². The topological polar surface area (TPSA) is 69.7 Å². The van der Waals surface area contributed by atoms with Gasteiger partial charge in [-0.05, 0) is 31.7 Å². The van der Waals surface area contributed by atoms with E-state index in [4.69, 9.17) is 0 Å². The number of nitrogens with one attached hydrogen (secondary N) is 1. The molecule has 1 fully saturated rings. The molecule has 0 aliphatic carbocycles. The number of hydrogen-bond acceptors (Lipinski definition) is 4. The molecule has 1 heterocycles. The van der Waals surface area contributed by atoms with Crippen LogP contribution in [0.1, 0.15) is 28.9 Å². The van der Waals surface area contributed by atoms with E-state index in [-0.39, 0.29) is 17.7 Å². The fraction of sp³-hybridized carbons (Fsp3) is 0.533. The summed E-state index contributed by atoms with van der Waals surface area (Å²) in [6.45, 7) is 3.27. The first-order valence-corrected chi connectivity index (χ1v) is 9.00. The van der Waals surface area contributed by atoms with E-state index < -0.39 is 10.0 Å². The molecular weight excluding hydrogens is 302 g/mol. The van der Waals surface area contributed by atoms with Crippen LogP contribution in [0.25, 0.3) is 0 Å². The fourth-order valence-electron chi connectivity index (χ4n) is 2.68. The zero-order valence-electron chi connectivity index (χ0n) is 13.2. The minimum absolute atomic E-state index is 0.0420. The van der Waals surface area contributed by atoms with E-state index in [9.17, 15) is 13.2 Å². The SMILES string of the molecule is CCS(=O)(=O)N1CCN(C)[C@@H](c2cccc(C(=O)NC)c2)C1. The third-order valence-corrected chi connectivity index (χ3v) is 5.98. The highest BCUT2D eigenvalue weighted by Gasteiger charge is 2.31. The van der Waals surface area contributed by atoms with Gasteiger partial charge in [0.1, 0.15) is 0 Å². The van der Waals surface area contributed by atoms with Crippen molar-refractivity contribution < 1.29 is 13.2 Å². The smallest absolute Gasteiger partial charge is 0.251 e. The number of nitrogens with zero attached hydrogens (tertiary/aromatic N) is 2. The largest absolute Gasteiger partial charge is 0.355 e. The Morgan fingerprint density at radius 2 is 2.09 bits per heavy atom. The highest BCUT2D eigenvalue weighted by atomic mass is 32.2. The molecule has 2 rings (SSSR count). The minimum Gasteiger partial charge on any atom is -0.355 e. The Kier molecular flexibility index (Phi) is 5.20. The van der Waals surface area contributed by atoms with Crippen LogP contribution in [0.4, 0.5) is 0 Å². The van der Waals surface area contributed by atoms with Gasteiger partial charge in [-0.2, -0.15) is 4.31 Å². The monoisotopic (exact) mass is 325 g/mol. The van der Waals surface area contributed by atoms with Crippen molar-refractivity contribution in [3.8, 4) is 0 Å². The Bertz CT molecular complexity index is 645. The van der Waals surface area contributed by atoms with Gasteiger partial charge in [0.15, 0.2) is 0 Å². The van der Waals surface area contributed by atoms with E-state index in [0.29, 0.717) is 25.2 Å². The highest BCUT2D eigenvalue weighted by Crippen LogP contribution is 2.26. The van der Waals surface area contributed by atoms with Gasteiger partial charge in [0.2, 0.25) is 10.0 Å². The number of rotatable bonds is 4. The molecule has 0 aromatic heterocycles. The molecule has 0 spiro atoms. The van der Waals surface area contributed by atoms with Gasteiger partial charge in [0, 0.05) is 38.3 Å². The molecule has 1 atom stereocenters. The number of likely N-dealkylation sites (N-methyl/N-ethyl adjacent to an activating group) is 1. The van der Waals surface area contributed by atoms with Crippen molar-refractivity contribution in [2.75, 3.05) is 39.5 Å². The van der Waals surface area contributed by atoms with Crippen LogP contribution in [-0.2, 0) is 10.0 Å². The maximum Gasteiger partial charge on any atom is 0.251 e. The first-order valence-electron chi connectivity index (χ1n) is 7.39. The van der Waals surface area contributed by atoms with Crippen molar-refractivity contribution in [1.29, 1.82) is 0 Å². The molecule has 1 aliphatic rings. The number of carbonyl (C=O) groups excluding carboxylic acids is 1. The van der Waals surface area contributed by atoms with Gasteiger partial charge in [-0.3, -0.25) is 9.69 Å². The maximum atomic E-state index is 12.1. The molecule has 1 aromatic carbocycles. The van der Waals surface area contributed by atoms with Crippen molar-refractivity contribution in [1.82, 2.24) is 14.5 Å². The quantitative estimate of drug-likeness (QED) is 0.884. The van der Waals surface area contributed by atoms with E-state index in [0.717, 1.165) is 5.56 Å². The van der Waals surface area contributed by atoms with E-state index in [2.05, 4.69) is 10.2 Å². The highest BCUT2D eigenvalue weighted by molar-refractivity contribution is 7.89. The first-order chi connectivity index (χ1) is 10.4. The average Bonchev–Trinajstić information content (AvgIpc) is 2.54. The van der Waals surface area contributed by atoms with E-state index in [1.807, 2.05) is 25.2 Å². The minimum atomic E-state index is -3.19. The van der Waals surface area contributed by atoms with Gasteiger partial charge >= 0.3 is 0 Å². The summed E-state index contributed by atoms with van der Waals surface area (Å²) in [5, 5.41) is 2.61. The summed E-state index contributed by atoms with van der Waals surface area (Å²) >= 11 is 0. The molecule has 122 valence electrons. The molecule has 1 N–H and O–H groups in total. The van der Waals surface area contributed by atoms with Crippen LogP contribution in [0.15, 0.2) is 24.3 Å². The molecule has 0 unspecified atom stereocenters. The number of benzene rings is 1. The standard InChI is InChI=1S/C15H23N3O3S/c1-4-22(20,21)18-9-8-17(3)14(11-18)12-6-5-7-13(10-12)15(19)16-2/h5-7,10,14H,4,8-9,11H2,1-3H3,(H,16,19)/t14-/m1/s1. The average molecular weight is 325 g/mol. The summed E-state index contributed by atoms with van der Waals surface area (Å²) in [6.07, 6.45) is 0. The molecular formula is C15H23N3O3S. The Labute approximate surface area is 132 Å². The van der Waals surface area contributed by atoms with Crippen molar-refractivity contribution in [2.45, 2.75) is 13.0 Å². The summed E-state index contributed by atoms with van der Waals surface area (Å²) in [4.78, 5) is 13.9. The van der Waals surface area contributed by atoms with Crippen LogP contribution in [0.3, 0.4) is 0 Å². The number of sulfonamides is 1. The fourth-order valence-corrected chi connectivity index (χ4v) is 3.77. The van der Waals surface area contributed by atoms with Gasteiger partial charge in [0.25, 0.3) is 5.91 Å². The number of carbonyl (C=O) groups is 1. The second-order valence-corrected chi connectivity index (χ2v) is 7.72. The Morgan fingerprint density at radius 1 is 1.36 bits per heavy atom. The van der Waals surface area contributed by atoms with E-state index in [1.165, 1.54) is 0 Å². The molecule has 7 heteroatoms. The number of piperazine rings is 1. The van der Waals surface area contributed by atoms with Crippen LogP contribution < -0.4 is 5.32 Å². The Balaban J connectivity index is 2.28. The Hall–Kier alpha value is -1.44. The molecule has 1 aromatic rings. The lowest BCUT2D eigenvalue weighted by Gasteiger charge is -2.39. The maximum absolute atomic E-state index is 12.1. The lowest BCUT2D eigenvalue weighted by atomic mass is 10.0. The second kappa shape index (κ2) is 6.76. The van der Waals surface area contributed by atoms with Gasteiger partial charge in [-0.25, -0.2) is 8.42 Å². The van der Waals surface area contributed by atoms with Gasteiger partial charge in [0.05, 0.1) is 5.75 Å². The summed E-state index contributed by atoms with van der Waals surface area (Å²) in [6, 6.07) is 7.32. The summed E-state index contributed by atoms with van der Waals surface area (Å²) in [5.41, 5.74) is 1.54. The summed E-state index contributed by atoms with van der Waals surface area (Å²) in [5.74, 6) is -0.0276. The third kappa shape index (κ3) is 3.48. The van der Waals surface area contributed by atoms with Crippen molar-refractivity contribution in [2.24, 2.45) is 0 Å². The van der Waals surface area contributed by atoms with Crippen LogP contribution >= 0.6 is 0 Å². The predicted molar refractivity (Wildman–Crippen MR) is 86.2 cm³/mol. The molecule has 1 amide bonds. The van der Waals surface area contributed by atoms with Crippen molar-refractivity contribution in [3.05, 3.63) is 35.4 Å². The van der Waals surface area contributed by atoms with Gasteiger partial charge in [-0.1, -0.05) is 12.1 Å². The predicted octanol–water partition coefficient (Wildman–Crippen LogP) is 0.684. The molecule has 1 saturated heterocycles. The van der Waals surface area contributed by atoms with Gasteiger partial charge < -0.3 is 5.32 Å². The normalized spacial score (nSPS) is 20.8. The lowest BCUT2D eigenvalue weighted by molar-refractivity contribution is 0.0962. The van der Waals surface area contributed by atoms with Crippen LogP contribution in [-0.4, -0.2) is 63.0 Å². The summed E-state index contributed by atoms with van der Waals surface area (Å²) < 4.78 is 25.8. The summed E-state index contributed by atoms with van der Waals surface area (Å²) in [7, 11) is 0.385. The molecule has 6 nitrogen and oxygen atoms in total. The zero-order chi connectivity index (χ0) is 16.3. The van der Waals surface area contributed by atoms with Crippen molar-refractivity contribution in [3.63, 3.8) is 0 Å². The van der Waals surface area contributed by atoms with Crippen LogP contribution in [0.2, 0.25) is 0 Å². The molecule has 1 aliphatic heterocycles. The number of amides is 1. The zero-order valence-corrected chi connectivity index (χ0v) is 14.1. The lowest BCUT2D eigenvalue weighted by Crippen LogP contribution is -2.49. The molecule has 22 heavy (non-hydrogen) atoms. The Morgan fingerprint density at radius 3 is 2.73 bits per heavy atom. The van der Waals surface area contributed by atoms with Crippen molar-refractivity contribution >= 4 is 15.9 Å². The molecule has 0 saturated carbocycles. The van der Waals surface area contributed by atoms with Crippen LogP contribution in [0, 0.1) is 0 Å². The van der Waals surface area contributed by atoms with E-state index >= 15 is 0 Å². The third-order valence-electron chi connectivity index (χ3n) is 4.13. The van der Waals surface area contributed by atoms with Crippen LogP contribution in [0.5, 0.6) is 0 Å². The first kappa shape index (κ1) is 16.9. The van der Waals surface area contributed by atoms with E-state index in [1.54, 1.807) is 24.3 Å². The molecule has 0 radical (unpaired) electrons. The number of hydrogen-bond donors (Lipinski definition) is 1. The second-order valence-electron chi connectivity index (χ2n) is 5.46.